The zero-order valence-electron chi connectivity index (χ0n) is 6.56. The van der Waals surface area contributed by atoms with Crippen molar-refractivity contribution in [1.29, 1.82) is 0 Å². The van der Waals surface area contributed by atoms with Crippen molar-refractivity contribution in [3.63, 3.8) is 0 Å². The first-order chi connectivity index (χ1) is 5.47. The van der Waals surface area contributed by atoms with Crippen LogP contribution in [0.2, 0.25) is 0 Å². The van der Waals surface area contributed by atoms with Crippen LogP contribution >= 0.6 is 0 Å². The molecule has 5 heteroatoms. The SMILES string of the molecule is [Li+].[c-]1cnc(-c2ncccn2)o1. The topological polar surface area (TPSA) is 51.8 Å². The third-order valence-corrected chi connectivity index (χ3v) is 1.15. The molecule has 2 heterocycles. The van der Waals surface area contributed by atoms with Gasteiger partial charge in [0.25, 0.3) is 0 Å². The van der Waals surface area contributed by atoms with Crippen molar-refractivity contribution in [2.45, 2.75) is 0 Å². The first kappa shape index (κ1) is 8.98. The normalized spacial score (nSPS) is 9.00. The maximum absolute atomic E-state index is 4.86. The Labute approximate surface area is 81.2 Å². The molecule has 0 N–H and O–H groups in total. The van der Waals surface area contributed by atoms with E-state index >= 15 is 0 Å². The van der Waals surface area contributed by atoms with E-state index < -0.39 is 0 Å². The quantitative estimate of drug-likeness (QED) is 0.349. The predicted molar refractivity (Wildman–Crippen MR) is 36.4 cm³/mol. The van der Waals surface area contributed by atoms with Crippen molar-refractivity contribution in [2.75, 3.05) is 0 Å². The van der Waals surface area contributed by atoms with Gasteiger partial charge in [-0.1, -0.05) is 6.26 Å². The second kappa shape index (κ2) is 4.05. The Morgan fingerprint density at radius 1 is 1.17 bits per heavy atom. The minimum absolute atomic E-state index is 0. The Morgan fingerprint density at radius 2 is 1.92 bits per heavy atom. The third-order valence-electron chi connectivity index (χ3n) is 1.15. The predicted octanol–water partition coefficient (Wildman–Crippen LogP) is -2.06. The fraction of sp³-hybridized carbons (Fsp3) is 0. The Kier molecular flexibility index (Phi) is 3.03. The second-order valence-corrected chi connectivity index (χ2v) is 1.86. The van der Waals surface area contributed by atoms with Gasteiger partial charge < -0.3 is 9.40 Å². The Balaban J connectivity index is 0.000000720. The molecule has 0 unspecified atom stereocenters. The molecule has 0 aliphatic heterocycles. The van der Waals surface area contributed by atoms with E-state index in [1.807, 2.05) is 0 Å². The van der Waals surface area contributed by atoms with E-state index in [9.17, 15) is 0 Å². The zero-order valence-corrected chi connectivity index (χ0v) is 6.56. The summed E-state index contributed by atoms with van der Waals surface area (Å²) < 4.78 is 4.86. The standard InChI is InChI=1S/C7H4N3O.Li/c1-2-8-6(9-3-1)7-10-4-5-11-7;/h1-4H;/q-1;+1. The maximum Gasteiger partial charge on any atom is 1.00 e. The molecule has 0 saturated carbocycles. The van der Waals surface area contributed by atoms with E-state index in [1.165, 1.54) is 6.20 Å². The minimum Gasteiger partial charge on any atom is -0.625 e. The van der Waals surface area contributed by atoms with Crippen LogP contribution in [0.3, 0.4) is 0 Å². The van der Waals surface area contributed by atoms with Crippen LogP contribution in [0.5, 0.6) is 0 Å². The van der Waals surface area contributed by atoms with Crippen LogP contribution in [0.15, 0.2) is 29.1 Å². The van der Waals surface area contributed by atoms with Crippen LogP contribution in [-0.2, 0) is 0 Å². The summed E-state index contributed by atoms with van der Waals surface area (Å²) in [6.07, 6.45) is 7.16. The average Bonchev–Trinajstić information content (AvgIpc) is 2.58. The molecular formula is C7H4LiN3O. The average molecular weight is 153 g/mol. The summed E-state index contributed by atoms with van der Waals surface area (Å²) in [6.45, 7) is 0. The van der Waals surface area contributed by atoms with Gasteiger partial charge in [0.2, 0.25) is 0 Å². The van der Waals surface area contributed by atoms with Crippen molar-refractivity contribution in [3.05, 3.63) is 30.9 Å². The van der Waals surface area contributed by atoms with Gasteiger partial charge >= 0.3 is 18.9 Å². The summed E-state index contributed by atoms with van der Waals surface area (Å²) in [4.78, 5) is 11.7. The van der Waals surface area contributed by atoms with Crippen LogP contribution in [-0.4, -0.2) is 15.0 Å². The monoisotopic (exact) mass is 153 g/mol. The Morgan fingerprint density at radius 3 is 2.50 bits per heavy atom. The van der Waals surface area contributed by atoms with Crippen LogP contribution < -0.4 is 18.9 Å². The van der Waals surface area contributed by atoms with Gasteiger partial charge in [-0.2, -0.15) is 0 Å². The van der Waals surface area contributed by atoms with Gasteiger partial charge in [-0.15, -0.1) is 0 Å². The first-order valence-electron chi connectivity index (χ1n) is 3.06. The Bertz CT molecular complexity index is 322. The number of hydrogen-bond donors (Lipinski definition) is 0. The van der Waals surface area contributed by atoms with Crippen LogP contribution in [0.1, 0.15) is 0 Å². The number of oxazole rings is 1. The van der Waals surface area contributed by atoms with Crippen molar-refractivity contribution < 1.29 is 23.3 Å². The van der Waals surface area contributed by atoms with Gasteiger partial charge in [0.05, 0.1) is 0 Å². The molecular weight excluding hydrogens is 149 g/mol. The molecule has 4 nitrogen and oxygen atoms in total. The third kappa shape index (κ3) is 1.73. The molecule has 2 rings (SSSR count). The molecule has 0 saturated heterocycles. The summed E-state index contributed by atoms with van der Waals surface area (Å²) in [5.41, 5.74) is 0. The van der Waals surface area contributed by atoms with Gasteiger partial charge in [0.15, 0.2) is 0 Å². The minimum atomic E-state index is 0. The fourth-order valence-corrected chi connectivity index (χ4v) is 0.706. The molecule has 0 amide bonds. The van der Waals surface area contributed by atoms with Crippen LogP contribution in [0, 0.1) is 6.26 Å². The van der Waals surface area contributed by atoms with Crippen molar-refractivity contribution >= 4 is 0 Å². The van der Waals surface area contributed by atoms with Gasteiger partial charge in [0.1, 0.15) is 11.7 Å². The number of aromatic nitrogens is 3. The van der Waals surface area contributed by atoms with Crippen molar-refractivity contribution in [1.82, 2.24) is 15.0 Å². The van der Waals surface area contributed by atoms with Gasteiger partial charge in [-0.3, -0.25) is 9.97 Å². The number of hydrogen-bond acceptors (Lipinski definition) is 4. The molecule has 0 aliphatic carbocycles. The summed E-state index contributed by atoms with van der Waals surface area (Å²) in [5, 5.41) is 0. The zero-order chi connectivity index (χ0) is 7.52. The summed E-state index contributed by atoms with van der Waals surface area (Å²) in [5.74, 6) is 0.874. The molecule has 54 valence electrons. The summed E-state index contributed by atoms with van der Waals surface area (Å²) in [6, 6.07) is 1.73. The van der Waals surface area contributed by atoms with E-state index in [2.05, 4.69) is 21.2 Å². The fourth-order valence-electron chi connectivity index (χ4n) is 0.706. The Hall–Kier alpha value is -1.11. The molecule has 0 spiro atoms. The second-order valence-electron chi connectivity index (χ2n) is 1.86. The molecule has 2 aromatic rings. The molecule has 0 atom stereocenters. The molecule has 0 fully saturated rings. The molecule has 0 aliphatic rings. The van der Waals surface area contributed by atoms with Crippen molar-refractivity contribution in [2.24, 2.45) is 0 Å². The van der Waals surface area contributed by atoms with E-state index in [4.69, 9.17) is 4.42 Å². The largest absolute Gasteiger partial charge is 1.00 e. The van der Waals surface area contributed by atoms with Gasteiger partial charge in [-0.05, 0) is 12.3 Å². The molecule has 12 heavy (non-hydrogen) atoms. The number of nitrogens with zero attached hydrogens (tertiary/aromatic N) is 3. The first-order valence-corrected chi connectivity index (χ1v) is 3.06. The molecule has 0 aromatic carbocycles. The molecule has 0 radical (unpaired) electrons. The smallest absolute Gasteiger partial charge is 0.625 e. The molecule has 2 aromatic heterocycles. The van der Waals surface area contributed by atoms with Gasteiger partial charge in [0, 0.05) is 12.4 Å². The van der Waals surface area contributed by atoms with Gasteiger partial charge in [-0.25, -0.2) is 0 Å². The summed E-state index contributed by atoms with van der Waals surface area (Å²) >= 11 is 0. The maximum atomic E-state index is 4.86. The van der Waals surface area contributed by atoms with E-state index in [-0.39, 0.29) is 18.9 Å². The van der Waals surface area contributed by atoms with Crippen molar-refractivity contribution in [3.8, 4) is 11.7 Å². The summed E-state index contributed by atoms with van der Waals surface area (Å²) in [7, 11) is 0. The molecule has 0 bridgehead atoms. The number of rotatable bonds is 1. The van der Waals surface area contributed by atoms with E-state index in [0.29, 0.717) is 11.7 Å². The van der Waals surface area contributed by atoms with E-state index in [0.717, 1.165) is 0 Å². The van der Waals surface area contributed by atoms with Crippen LogP contribution in [0.25, 0.3) is 11.7 Å². The van der Waals surface area contributed by atoms with Crippen LogP contribution in [0.4, 0.5) is 0 Å². The van der Waals surface area contributed by atoms with E-state index in [1.54, 1.807) is 18.5 Å².